The summed E-state index contributed by atoms with van der Waals surface area (Å²) in [5.41, 5.74) is 0. The first-order valence-electron chi connectivity index (χ1n) is 8.67. The molecule has 0 saturated carbocycles. The van der Waals surface area contributed by atoms with Gasteiger partial charge in [0.2, 0.25) is 5.91 Å². The standard InChI is InChI=1S/C17H27N5O.2ClH/c23-17(22-11-7-18-8-12-22)5-10-21-9-4-15(14-21)13-20-16-3-1-2-6-19-16;;/h1-3,6,15,18H,4-5,7-14H2,(H,19,20);2*1H. The van der Waals surface area contributed by atoms with Crippen LogP contribution in [-0.2, 0) is 4.79 Å². The van der Waals surface area contributed by atoms with E-state index in [0.29, 0.717) is 18.2 Å². The molecule has 2 fully saturated rings. The molecule has 0 bridgehead atoms. The molecule has 3 rings (SSSR count). The number of anilines is 1. The predicted molar refractivity (Wildman–Crippen MR) is 106 cm³/mol. The zero-order chi connectivity index (χ0) is 15.9. The number of amides is 1. The van der Waals surface area contributed by atoms with E-state index in [9.17, 15) is 4.79 Å². The smallest absolute Gasteiger partial charge is 0.223 e. The van der Waals surface area contributed by atoms with Gasteiger partial charge in [-0.15, -0.1) is 24.8 Å². The maximum atomic E-state index is 12.2. The van der Waals surface area contributed by atoms with Crippen molar-refractivity contribution in [1.29, 1.82) is 0 Å². The summed E-state index contributed by atoms with van der Waals surface area (Å²) < 4.78 is 0. The maximum absolute atomic E-state index is 12.2. The summed E-state index contributed by atoms with van der Waals surface area (Å²) >= 11 is 0. The summed E-state index contributed by atoms with van der Waals surface area (Å²) in [6, 6.07) is 5.93. The average molecular weight is 390 g/mol. The number of nitrogens with zero attached hydrogens (tertiary/aromatic N) is 3. The van der Waals surface area contributed by atoms with Gasteiger partial charge in [-0.3, -0.25) is 4.79 Å². The molecule has 1 unspecified atom stereocenters. The lowest BCUT2D eigenvalue weighted by atomic mass is 10.1. The highest BCUT2D eigenvalue weighted by atomic mass is 35.5. The number of piperazine rings is 1. The van der Waals surface area contributed by atoms with Crippen LogP contribution in [0.5, 0.6) is 0 Å². The molecular weight excluding hydrogens is 361 g/mol. The van der Waals surface area contributed by atoms with Gasteiger partial charge in [-0.1, -0.05) is 6.07 Å². The number of carbonyl (C=O) groups is 1. The van der Waals surface area contributed by atoms with Gasteiger partial charge in [0.25, 0.3) is 0 Å². The third-order valence-electron chi connectivity index (χ3n) is 4.72. The molecule has 2 aliphatic rings. The Balaban J connectivity index is 0.00000156. The topological polar surface area (TPSA) is 60.5 Å². The number of halogens is 2. The SMILES string of the molecule is Cl.Cl.O=C(CCN1CCC(CNc2ccccn2)C1)N1CCNCC1. The van der Waals surface area contributed by atoms with E-state index in [0.717, 1.165) is 58.2 Å². The number of carbonyl (C=O) groups excluding carboxylic acids is 1. The Morgan fingerprint density at radius 2 is 2.04 bits per heavy atom. The van der Waals surface area contributed by atoms with Crippen molar-refractivity contribution in [2.75, 3.05) is 57.7 Å². The van der Waals surface area contributed by atoms with Crippen molar-refractivity contribution in [3.8, 4) is 0 Å². The lowest BCUT2D eigenvalue weighted by Crippen LogP contribution is -2.47. The summed E-state index contributed by atoms with van der Waals surface area (Å²) in [6.07, 6.45) is 3.66. The molecule has 8 heteroatoms. The molecule has 6 nitrogen and oxygen atoms in total. The van der Waals surface area contributed by atoms with E-state index >= 15 is 0 Å². The molecule has 1 amide bonds. The Morgan fingerprint density at radius 1 is 1.24 bits per heavy atom. The first-order chi connectivity index (χ1) is 11.3. The summed E-state index contributed by atoms with van der Waals surface area (Å²) in [7, 11) is 0. The lowest BCUT2D eigenvalue weighted by Gasteiger charge is -2.28. The fraction of sp³-hybridized carbons (Fsp3) is 0.647. The van der Waals surface area contributed by atoms with Crippen molar-refractivity contribution in [3.05, 3.63) is 24.4 Å². The third-order valence-corrected chi connectivity index (χ3v) is 4.72. The fourth-order valence-corrected chi connectivity index (χ4v) is 3.32. The van der Waals surface area contributed by atoms with Crippen LogP contribution in [0.3, 0.4) is 0 Å². The van der Waals surface area contributed by atoms with E-state index in [4.69, 9.17) is 0 Å². The third kappa shape index (κ3) is 6.98. The molecule has 2 N–H and O–H groups in total. The van der Waals surface area contributed by atoms with Crippen LogP contribution < -0.4 is 10.6 Å². The lowest BCUT2D eigenvalue weighted by molar-refractivity contribution is -0.132. The quantitative estimate of drug-likeness (QED) is 0.771. The number of pyridine rings is 1. The molecule has 1 aromatic rings. The minimum absolute atomic E-state index is 0. The number of hydrogen-bond acceptors (Lipinski definition) is 5. The Kier molecular flexibility index (Phi) is 10.1. The molecule has 0 radical (unpaired) electrons. The molecule has 1 aromatic heterocycles. The second-order valence-electron chi connectivity index (χ2n) is 6.43. The molecule has 2 aliphatic heterocycles. The van der Waals surface area contributed by atoms with E-state index in [1.54, 1.807) is 0 Å². The Bertz CT molecular complexity index is 499. The monoisotopic (exact) mass is 389 g/mol. The Hall–Kier alpha value is -1.08. The normalized spacial score (nSPS) is 20.5. The van der Waals surface area contributed by atoms with Gasteiger partial charge in [-0.05, 0) is 31.0 Å². The van der Waals surface area contributed by atoms with Crippen molar-refractivity contribution >= 4 is 36.5 Å². The molecule has 3 heterocycles. The molecule has 0 aliphatic carbocycles. The van der Waals surface area contributed by atoms with Crippen LogP contribution in [0.25, 0.3) is 0 Å². The zero-order valence-corrected chi connectivity index (χ0v) is 16.2. The van der Waals surface area contributed by atoms with Crippen LogP contribution in [0, 0.1) is 5.92 Å². The van der Waals surface area contributed by atoms with Gasteiger partial charge in [0.15, 0.2) is 0 Å². The first-order valence-corrected chi connectivity index (χ1v) is 8.67. The van der Waals surface area contributed by atoms with Crippen LogP contribution in [0.15, 0.2) is 24.4 Å². The highest BCUT2D eigenvalue weighted by Gasteiger charge is 2.23. The van der Waals surface area contributed by atoms with Crippen molar-refractivity contribution < 1.29 is 4.79 Å². The highest BCUT2D eigenvalue weighted by Crippen LogP contribution is 2.17. The van der Waals surface area contributed by atoms with E-state index in [2.05, 4.69) is 20.5 Å². The van der Waals surface area contributed by atoms with Gasteiger partial charge in [0.1, 0.15) is 5.82 Å². The number of nitrogens with one attached hydrogen (secondary N) is 2. The van der Waals surface area contributed by atoms with Gasteiger partial charge < -0.3 is 20.4 Å². The van der Waals surface area contributed by atoms with Gasteiger partial charge in [-0.2, -0.15) is 0 Å². The van der Waals surface area contributed by atoms with Crippen LogP contribution in [0.4, 0.5) is 5.82 Å². The van der Waals surface area contributed by atoms with Gasteiger partial charge >= 0.3 is 0 Å². The van der Waals surface area contributed by atoms with Crippen LogP contribution in [-0.4, -0.2) is 73.0 Å². The summed E-state index contributed by atoms with van der Waals surface area (Å²) in [4.78, 5) is 20.9. The average Bonchev–Trinajstić information content (AvgIpc) is 3.07. The number of likely N-dealkylation sites (tertiary alicyclic amines) is 1. The van der Waals surface area contributed by atoms with Crippen molar-refractivity contribution in [3.63, 3.8) is 0 Å². The van der Waals surface area contributed by atoms with Gasteiger partial charge in [0, 0.05) is 58.4 Å². The van der Waals surface area contributed by atoms with E-state index in [1.807, 2.05) is 29.3 Å². The molecule has 25 heavy (non-hydrogen) atoms. The number of rotatable bonds is 6. The molecule has 1 atom stereocenters. The predicted octanol–water partition coefficient (Wildman–Crippen LogP) is 1.48. The molecule has 142 valence electrons. The minimum Gasteiger partial charge on any atom is -0.370 e. The van der Waals surface area contributed by atoms with E-state index in [1.165, 1.54) is 6.42 Å². The fourth-order valence-electron chi connectivity index (χ4n) is 3.32. The second-order valence-corrected chi connectivity index (χ2v) is 6.43. The molecule has 0 spiro atoms. The van der Waals surface area contributed by atoms with Crippen molar-refractivity contribution in [2.45, 2.75) is 12.8 Å². The van der Waals surface area contributed by atoms with Gasteiger partial charge in [0.05, 0.1) is 0 Å². The van der Waals surface area contributed by atoms with E-state index < -0.39 is 0 Å². The van der Waals surface area contributed by atoms with Crippen molar-refractivity contribution in [2.24, 2.45) is 5.92 Å². The van der Waals surface area contributed by atoms with Crippen LogP contribution in [0.2, 0.25) is 0 Å². The largest absolute Gasteiger partial charge is 0.370 e. The highest BCUT2D eigenvalue weighted by molar-refractivity contribution is 5.85. The number of aromatic nitrogens is 1. The van der Waals surface area contributed by atoms with E-state index in [-0.39, 0.29) is 24.8 Å². The summed E-state index contributed by atoms with van der Waals surface area (Å²) in [5.74, 6) is 1.90. The summed E-state index contributed by atoms with van der Waals surface area (Å²) in [5, 5.41) is 6.69. The maximum Gasteiger partial charge on any atom is 0.223 e. The molecule has 2 saturated heterocycles. The zero-order valence-electron chi connectivity index (χ0n) is 14.5. The van der Waals surface area contributed by atoms with Crippen LogP contribution in [0.1, 0.15) is 12.8 Å². The number of hydrogen-bond donors (Lipinski definition) is 2. The first kappa shape index (κ1) is 22.0. The van der Waals surface area contributed by atoms with Crippen molar-refractivity contribution in [1.82, 2.24) is 20.1 Å². The van der Waals surface area contributed by atoms with Crippen LogP contribution >= 0.6 is 24.8 Å². The van der Waals surface area contributed by atoms with Gasteiger partial charge in [-0.25, -0.2) is 4.98 Å². The second kappa shape index (κ2) is 11.5. The minimum atomic E-state index is 0. The molecule has 0 aromatic carbocycles. The molecular formula is C17H29Cl2N5O. The Labute approximate surface area is 162 Å². The summed E-state index contributed by atoms with van der Waals surface area (Å²) in [6.45, 7) is 7.60. The Morgan fingerprint density at radius 3 is 2.76 bits per heavy atom.